The summed E-state index contributed by atoms with van der Waals surface area (Å²) in [6, 6.07) is 6.05. The Morgan fingerprint density at radius 2 is 2.00 bits per heavy atom. The lowest BCUT2D eigenvalue weighted by molar-refractivity contribution is 0.0764. The fourth-order valence-electron chi connectivity index (χ4n) is 2.87. The van der Waals surface area contributed by atoms with Gasteiger partial charge in [0.25, 0.3) is 5.91 Å². The number of nitrogens with one attached hydrogen (secondary N) is 1. The monoisotopic (exact) mass is 260 g/mol. The molecule has 19 heavy (non-hydrogen) atoms. The van der Waals surface area contributed by atoms with Gasteiger partial charge in [-0.2, -0.15) is 0 Å². The summed E-state index contributed by atoms with van der Waals surface area (Å²) in [5, 5.41) is 3.40. The molecule has 0 saturated carbocycles. The molecule has 1 fully saturated rings. The Kier molecular flexibility index (Phi) is 4.59. The molecule has 0 aliphatic carbocycles. The predicted octanol–water partition coefficient (Wildman–Crippen LogP) is 2.38. The molecule has 1 aliphatic rings. The maximum Gasteiger partial charge on any atom is 0.253 e. The van der Waals surface area contributed by atoms with Crippen LogP contribution < -0.4 is 5.32 Å². The van der Waals surface area contributed by atoms with Crippen molar-refractivity contribution in [3.8, 4) is 0 Å². The second kappa shape index (κ2) is 6.20. The molecule has 1 unspecified atom stereocenters. The number of carbonyl (C=O) groups is 1. The van der Waals surface area contributed by atoms with Crippen molar-refractivity contribution in [3.05, 3.63) is 34.9 Å². The third-order valence-corrected chi connectivity index (χ3v) is 3.75. The summed E-state index contributed by atoms with van der Waals surface area (Å²) in [6.07, 6.45) is 2.44. The van der Waals surface area contributed by atoms with E-state index in [4.69, 9.17) is 0 Å². The molecular weight excluding hydrogens is 236 g/mol. The van der Waals surface area contributed by atoms with Crippen molar-refractivity contribution >= 4 is 5.91 Å². The second-order valence-corrected chi connectivity index (χ2v) is 5.77. The summed E-state index contributed by atoms with van der Waals surface area (Å²) in [6.45, 7) is 7.07. The molecule has 2 rings (SSSR count). The van der Waals surface area contributed by atoms with E-state index in [1.54, 1.807) is 0 Å². The van der Waals surface area contributed by atoms with Crippen LogP contribution in [0.15, 0.2) is 18.2 Å². The van der Waals surface area contributed by atoms with Gasteiger partial charge in [0.05, 0.1) is 0 Å². The zero-order valence-electron chi connectivity index (χ0n) is 12.2. The number of aryl methyl sites for hydroxylation is 2. The van der Waals surface area contributed by atoms with Crippen LogP contribution in [-0.4, -0.2) is 37.5 Å². The Morgan fingerprint density at radius 3 is 2.58 bits per heavy atom. The summed E-state index contributed by atoms with van der Waals surface area (Å²) < 4.78 is 0. The highest BCUT2D eigenvalue weighted by atomic mass is 16.2. The van der Waals surface area contributed by atoms with Crippen molar-refractivity contribution in [3.63, 3.8) is 0 Å². The Bertz CT molecular complexity index is 430. The molecule has 1 atom stereocenters. The molecule has 1 aromatic rings. The van der Waals surface area contributed by atoms with Gasteiger partial charge in [-0.1, -0.05) is 17.2 Å². The largest absolute Gasteiger partial charge is 0.341 e. The van der Waals surface area contributed by atoms with Crippen molar-refractivity contribution in [2.24, 2.45) is 5.92 Å². The summed E-state index contributed by atoms with van der Waals surface area (Å²) in [5.74, 6) is 0.728. The van der Waals surface area contributed by atoms with E-state index >= 15 is 0 Å². The first-order valence-electron chi connectivity index (χ1n) is 7.11. The van der Waals surface area contributed by atoms with Gasteiger partial charge in [-0.3, -0.25) is 4.79 Å². The lowest BCUT2D eigenvalue weighted by atomic mass is 9.99. The molecule has 0 radical (unpaired) electrons. The van der Waals surface area contributed by atoms with Gasteiger partial charge in [-0.05, 0) is 57.8 Å². The van der Waals surface area contributed by atoms with E-state index in [0.29, 0.717) is 5.92 Å². The van der Waals surface area contributed by atoms with Gasteiger partial charge in [-0.25, -0.2) is 0 Å². The number of hydrogen-bond donors (Lipinski definition) is 1. The Morgan fingerprint density at radius 1 is 1.32 bits per heavy atom. The lowest BCUT2D eigenvalue weighted by Crippen LogP contribution is -2.39. The Labute approximate surface area is 116 Å². The van der Waals surface area contributed by atoms with Gasteiger partial charge >= 0.3 is 0 Å². The molecule has 1 saturated heterocycles. The quantitative estimate of drug-likeness (QED) is 0.905. The molecule has 3 heteroatoms. The van der Waals surface area contributed by atoms with E-state index in [0.717, 1.165) is 36.3 Å². The molecule has 1 amide bonds. The van der Waals surface area contributed by atoms with Crippen LogP contribution in [0.5, 0.6) is 0 Å². The fourth-order valence-corrected chi connectivity index (χ4v) is 2.87. The zero-order valence-corrected chi connectivity index (χ0v) is 12.2. The third-order valence-electron chi connectivity index (χ3n) is 3.75. The number of piperidine rings is 1. The molecule has 0 bridgehead atoms. The van der Waals surface area contributed by atoms with E-state index in [9.17, 15) is 4.79 Å². The molecule has 1 heterocycles. The van der Waals surface area contributed by atoms with Crippen molar-refractivity contribution in [1.82, 2.24) is 10.2 Å². The lowest BCUT2D eigenvalue weighted by Gasteiger charge is -2.27. The Hall–Kier alpha value is -1.35. The van der Waals surface area contributed by atoms with E-state index in [1.165, 1.54) is 12.8 Å². The van der Waals surface area contributed by atoms with E-state index in [2.05, 4.69) is 11.4 Å². The first-order valence-corrected chi connectivity index (χ1v) is 7.11. The molecule has 1 aliphatic heterocycles. The normalized spacial score (nSPS) is 19.2. The number of nitrogens with zero attached hydrogens (tertiary/aromatic N) is 1. The number of benzene rings is 1. The van der Waals surface area contributed by atoms with E-state index in [-0.39, 0.29) is 5.91 Å². The molecule has 1 N–H and O–H groups in total. The van der Waals surface area contributed by atoms with Gasteiger partial charge in [0.15, 0.2) is 0 Å². The van der Waals surface area contributed by atoms with Crippen molar-refractivity contribution in [2.75, 3.05) is 26.7 Å². The van der Waals surface area contributed by atoms with Gasteiger partial charge in [0, 0.05) is 19.2 Å². The molecule has 0 spiro atoms. The molecule has 0 aromatic heterocycles. The highest BCUT2D eigenvalue weighted by Gasteiger charge is 2.19. The van der Waals surface area contributed by atoms with Crippen molar-refractivity contribution in [2.45, 2.75) is 26.7 Å². The Balaban J connectivity index is 2.01. The van der Waals surface area contributed by atoms with Gasteiger partial charge in [0.1, 0.15) is 0 Å². The van der Waals surface area contributed by atoms with Crippen molar-refractivity contribution < 1.29 is 4.79 Å². The number of hydrogen-bond acceptors (Lipinski definition) is 2. The summed E-state index contributed by atoms with van der Waals surface area (Å²) >= 11 is 0. The van der Waals surface area contributed by atoms with Crippen LogP contribution in [0.25, 0.3) is 0 Å². The number of carbonyl (C=O) groups excluding carboxylic acids is 1. The van der Waals surface area contributed by atoms with Crippen LogP contribution in [0.2, 0.25) is 0 Å². The van der Waals surface area contributed by atoms with E-state index < -0.39 is 0 Å². The van der Waals surface area contributed by atoms with Gasteiger partial charge in [0.2, 0.25) is 0 Å². The minimum atomic E-state index is 0.136. The SMILES string of the molecule is Cc1cc(C)cc(C(=O)N(C)CC2CCCNC2)c1. The zero-order chi connectivity index (χ0) is 13.8. The van der Waals surface area contributed by atoms with Crippen LogP contribution >= 0.6 is 0 Å². The number of rotatable bonds is 3. The first kappa shape index (κ1) is 14.1. The fraction of sp³-hybridized carbons (Fsp3) is 0.562. The maximum absolute atomic E-state index is 12.4. The summed E-state index contributed by atoms with van der Waals surface area (Å²) in [4.78, 5) is 14.3. The van der Waals surface area contributed by atoms with Crippen LogP contribution in [0.4, 0.5) is 0 Å². The topological polar surface area (TPSA) is 32.3 Å². The van der Waals surface area contributed by atoms with Crippen LogP contribution in [0.3, 0.4) is 0 Å². The van der Waals surface area contributed by atoms with E-state index in [1.807, 2.05) is 37.9 Å². The maximum atomic E-state index is 12.4. The van der Waals surface area contributed by atoms with Crippen LogP contribution in [-0.2, 0) is 0 Å². The van der Waals surface area contributed by atoms with Gasteiger partial charge in [-0.15, -0.1) is 0 Å². The van der Waals surface area contributed by atoms with Gasteiger partial charge < -0.3 is 10.2 Å². The highest BCUT2D eigenvalue weighted by molar-refractivity contribution is 5.94. The second-order valence-electron chi connectivity index (χ2n) is 5.77. The highest BCUT2D eigenvalue weighted by Crippen LogP contribution is 2.15. The minimum Gasteiger partial charge on any atom is -0.341 e. The van der Waals surface area contributed by atoms with Crippen LogP contribution in [0, 0.1) is 19.8 Å². The molecular formula is C16H24N2O. The van der Waals surface area contributed by atoms with Crippen LogP contribution in [0.1, 0.15) is 34.3 Å². The smallest absolute Gasteiger partial charge is 0.253 e. The molecule has 1 aromatic carbocycles. The summed E-state index contributed by atoms with van der Waals surface area (Å²) in [5.41, 5.74) is 3.11. The van der Waals surface area contributed by atoms with Crippen molar-refractivity contribution in [1.29, 1.82) is 0 Å². The third kappa shape index (κ3) is 3.80. The molecule has 3 nitrogen and oxygen atoms in total. The summed E-state index contributed by atoms with van der Waals surface area (Å²) in [7, 11) is 1.91. The first-order chi connectivity index (χ1) is 9.06. The average Bonchev–Trinajstić information content (AvgIpc) is 2.37. The standard InChI is InChI=1S/C16H24N2O/c1-12-7-13(2)9-15(8-12)16(19)18(3)11-14-5-4-6-17-10-14/h7-9,14,17H,4-6,10-11H2,1-3H3. The minimum absolute atomic E-state index is 0.136. The number of amides is 1. The predicted molar refractivity (Wildman–Crippen MR) is 78.5 cm³/mol. The molecule has 104 valence electrons. The average molecular weight is 260 g/mol.